The zero-order chi connectivity index (χ0) is 73.6. The molecule has 0 N–H and O–H groups in total. The average Bonchev–Trinajstić information content (AvgIpc) is 0.807. The van der Waals surface area contributed by atoms with Crippen LogP contribution >= 0.6 is 95.6 Å². The molecule has 4 aromatic heterocycles. The van der Waals surface area contributed by atoms with Gasteiger partial charge in [-0.1, -0.05) is 144 Å². The van der Waals surface area contributed by atoms with Crippen molar-refractivity contribution in [2.75, 3.05) is 42.7 Å². The Labute approximate surface area is 700 Å². The van der Waals surface area contributed by atoms with Crippen molar-refractivity contribution in [3.63, 3.8) is 0 Å². The second kappa shape index (κ2) is 45.6. The molecular weight excluding hydrogens is 1980 g/mol. The van der Waals surface area contributed by atoms with Crippen molar-refractivity contribution in [3.05, 3.63) is 267 Å². The van der Waals surface area contributed by atoms with Crippen molar-refractivity contribution in [2.24, 2.45) is 0 Å². The predicted molar refractivity (Wildman–Crippen MR) is 384 cm³/mol. The van der Waals surface area contributed by atoms with Crippen LogP contribution in [-0.4, -0.2) is 98.4 Å². The van der Waals surface area contributed by atoms with Crippen LogP contribution in [0, 0.1) is 81.7 Å². The second-order valence-corrected chi connectivity index (χ2v) is 24.4. The van der Waals surface area contributed by atoms with Crippen LogP contribution < -0.4 is 59.1 Å². The quantitative estimate of drug-likeness (QED) is 0.103. The first-order valence-corrected chi connectivity index (χ1v) is 33.0. The zero-order valence-electron chi connectivity index (χ0n) is 54.0. The number of ether oxygens (including phenoxy) is 6. The van der Waals surface area contributed by atoms with Gasteiger partial charge in [-0.25, -0.2) is 0 Å². The van der Waals surface area contributed by atoms with Gasteiger partial charge in [-0.2, -0.15) is 0 Å². The molecule has 0 aliphatic carbocycles. The van der Waals surface area contributed by atoms with Crippen LogP contribution in [0.5, 0.6) is 34.5 Å². The number of hydrogen-bond acceptors (Lipinski definition) is 22. The minimum Gasteiger partial charge on any atom is -0.545 e. The number of aromatic nitrogens is 4. The summed E-state index contributed by atoms with van der Waals surface area (Å²) in [4.78, 5) is 80.3. The van der Waals surface area contributed by atoms with Gasteiger partial charge in [-0.05, 0) is 133 Å². The number of carbonyl (C=O) groups excluding carboxylic acids is 6. The Kier molecular flexibility index (Phi) is 39.7. The van der Waals surface area contributed by atoms with E-state index in [1.165, 1.54) is 79.1 Å². The molecule has 0 saturated heterocycles. The molecule has 0 bridgehead atoms. The van der Waals surface area contributed by atoms with Gasteiger partial charge in [0.1, 0.15) is 34.5 Å². The Morgan fingerprint density at radius 2 is 0.402 bits per heavy atom. The molecule has 0 amide bonds. The molecule has 102 heavy (non-hydrogen) atoms. The third-order valence-corrected chi connectivity index (χ3v) is 17.2. The monoisotopic (exact) mass is 2020 g/mol. The molecule has 0 aliphatic heterocycles. The van der Waals surface area contributed by atoms with Gasteiger partial charge < -0.3 is 87.8 Å². The summed E-state index contributed by atoms with van der Waals surface area (Å²) in [5.74, 6) is -4.34. The summed E-state index contributed by atoms with van der Waals surface area (Å²) < 4.78 is 32.0. The van der Waals surface area contributed by atoms with Crippen LogP contribution in [0.25, 0.3) is 43.6 Å². The third kappa shape index (κ3) is 27.3. The Morgan fingerprint density at radius 3 is 0.529 bits per heavy atom. The number of halogens is 6. The van der Waals surface area contributed by atoms with E-state index in [0.29, 0.717) is 61.3 Å². The molecule has 0 unspecified atom stereocenters. The average molecular weight is 2030 g/mol. The minimum absolute atomic E-state index is 0. The number of benzene rings is 8. The van der Waals surface area contributed by atoms with Crippen LogP contribution in [0.3, 0.4) is 0 Å². The maximum Gasteiger partial charge on any atom is 3.00 e. The van der Waals surface area contributed by atoms with Gasteiger partial charge in [0.2, 0.25) is 0 Å². The van der Waals surface area contributed by atoms with Crippen LogP contribution in [0.1, 0.15) is 62.1 Å². The molecule has 0 aliphatic rings. The summed E-state index contributed by atoms with van der Waals surface area (Å²) in [5.41, 5.74) is 4.46. The number of hydrogen-bond donors (Lipinski definition) is 0. The SMILES string of the molecule is COc1ccc(Br)c(C(=O)[O-])c1.COc1ccc(Br)c(C(=O)[O-])c1.COc1ccc(Br)c(C(=O)[O-])c1.COc1ccc(Br)c(C(=O)[O-])c1.COc1ccc(Br)c(C(=O)[O-])c1.COc1ccc(Br)c(C(=O)[O-])c1.[Nd+3].[Nd+3].c1cnc2c(c1)ccc1cccnc12.c1cnc2c(c1)ccc1cccnc12. The largest absolute Gasteiger partial charge is 3.00 e. The number of carbonyl (C=O) groups is 6. The number of rotatable bonds is 12. The maximum atomic E-state index is 10.5. The number of carboxylic acids is 6. The predicted octanol–water partition coefficient (Wildman–Crippen LogP) is 10.5. The molecule has 0 saturated carbocycles. The smallest absolute Gasteiger partial charge is 0.545 e. The summed E-state index contributed by atoms with van der Waals surface area (Å²) >= 11 is 18.5. The van der Waals surface area contributed by atoms with Crippen molar-refractivity contribution in [3.8, 4) is 34.5 Å². The van der Waals surface area contributed by atoms with Gasteiger partial charge >= 0.3 is 81.7 Å². The van der Waals surface area contributed by atoms with Gasteiger partial charge in [0, 0.05) is 107 Å². The molecule has 30 heteroatoms. The molecule has 12 aromatic rings. The minimum atomic E-state index is -1.22. The Morgan fingerprint density at radius 1 is 0.255 bits per heavy atom. The summed E-state index contributed by atoms with van der Waals surface area (Å²) in [5, 5.41) is 67.5. The molecule has 4 heterocycles. The second-order valence-electron chi connectivity index (χ2n) is 19.2. The summed E-state index contributed by atoms with van der Waals surface area (Å²) in [6, 6.07) is 52.3. The number of aromatic carboxylic acids is 6. The Balaban J connectivity index is 0.000000303. The summed E-state index contributed by atoms with van der Waals surface area (Å²) in [7, 11) is 8.85. The molecule has 518 valence electrons. The summed E-state index contributed by atoms with van der Waals surface area (Å²) in [6.07, 6.45) is 7.21. The molecule has 12 rings (SSSR count). The molecule has 0 atom stereocenters. The van der Waals surface area contributed by atoms with Gasteiger partial charge in [0.15, 0.2) is 0 Å². The van der Waals surface area contributed by atoms with Crippen molar-refractivity contribution in [2.45, 2.75) is 0 Å². The first-order chi connectivity index (χ1) is 47.8. The van der Waals surface area contributed by atoms with Crippen LogP contribution in [-0.2, 0) is 0 Å². The van der Waals surface area contributed by atoms with Crippen LogP contribution in [0.2, 0.25) is 0 Å². The molecular formula is C72H52Br6N4Nd2O18. The molecule has 22 nitrogen and oxygen atoms in total. The molecule has 0 fully saturated rings. The number of pyridine rings is 4. The fourth-order valence-electron chi connectivity index (χ4n) is 8.09. The van der Waals surface area contributed by atoms with E-state index < -0.39 is 35.8 Å². The van der Waals surface area contributed by atoms with Crippen molar-refractivity contribution >= 4 is 175 Å². The van der Waals surface area contributed by atoms with Gasteiger partial charge in [-0.15, -0.1) is 0 Å². The number of carboxylic acid groups (broad SMARTS) is 6. The van der Waals surface area contributed by atoms with Crippen molar-refractivity contribution in [1.82, 2.24) is 19.9 Å². The molecule has 0 spiro atoms. The van der Waals surface area contributed by atoms with Crippen LogP contribution in [0.15, 0.2) is 234 Å². The van der Waals surface area contributed by atoms with Gasteiger partial charge in [-0.3, -0.25) is 19.9 Å². The van der Waals surface area contributed by atoms with E-state index in [9.17, 15) is 59.4 Å². The van der Waals surface area contributed by atoms with Crippen molar-refractivity contribution < 1.29 is 170 Å². The fourth-order valence-corrected chi connectivity index (χ4v) is 10.5. The molecule has 8 aromatic carbocycles. The molecule has 2 radical (unpaired) electrons. The van der Waals surface area contributed by atoms with E-state index in [4.69, 9.17) is 28.4 Å². The van der Waals surface area contributed by atoms with E-state index in [0.717, 1.165) is 43.6 Å². The van der Waals surface area contributed by atoms with E-state index in [-0.39, 0.29) is 115 Å². The zero-order valence-corrected chi connectivity index (χ0v) is 70.0. The first-order valence-electron chi connectivity index (χ1n) is 28.3. The van der Waals surface area contributed by atoms with Crippen LogP contribution in [0.4, 0.5) is 0 Å². The van der Waals surface area contributed by atoms with Crippen molar-refractivity contribution in [1.29, 1.82) is 0 Å². The standard InChI is InChI=1S/2C12H8N2.6C8H7BrO3.2Nd/c2*1-3-9-5-6-10-4-2-8-14-12(10)11(9)13-7-1;6*1-12-5-2-3-7(9)6(4-5)8(10)11;;/h2*1-8H;6*2-4H,1H3,(H,10,11);;/q;;;;;;;;2*+3/p-6. The number of methoxy groups -OCH3 is 6. The van der Waals surface area contributed by atoms with E-state index in [2.05, 4.69) is 164 Å². The maximum absolute atomic E-state index is 10.5. The van der Waals surface area contributed by atoms with E-state index in [1.54, 1.807) is 97.6 Å². The Hall–Kier alpha value is -7.40. The van der Waals surface area contributed by atoms with Gasteiger partial charge in [0.05, 0.1) is 101 Å². The fraction of sp³-hybridized carbons (Fsp3) is 0.0833. The number of fused-ring (bicyclic) bond motifs is 6. The normalized spacial score (nSPS) is 9.69. The first kappa shape index (κ1) is 88.8. The third-order valence-electron chi connectivity index (χ3n) is 13.0. The topological polar surface area (TPSA) is 348 Å². The Bertz CT molecular complexity index is 4160. The number of nitrogens with zero attached hydrogens (tertiary/aromatic N) is 4. The van der Waals surface area contributed by atoms with E-state index >= 15 is 0 Å². The summed E-state index contributed by atoms with van der Waals surface area (Å²) in [6.45, 7) is 0. The van der Waals surface area contributed by atoms with Gasteiger partial charge in [0.25, 0.3) is 0 Å². The van der Waals surface area contributed by atoms with E-state index in [1.807, 2.05) is 24.3 Å².